The number of benzene rings is 1. The summed E-state index contributed by atoms with van der Waals surface area (Å²) >= 11 is 5.07. The second-order valence-corrected chi connectivity index (χ2v) is 3.74. The van der Waals surface area contributed by atoms with Crippen molar-refractivity contribution in [3.63, 3.8) is 0 Å². The zero-order valence-corrected chi connectivity index (χ0v) is 9.80. The van der Waals surface area contributed by atoms with Crippen molar-refractivity contribution in [2.45, 2.75) is 0 Å². The maximum absolute atomic E-state index is 5.07. The smallest absolute Gasteiger partial charge is 0.199 e. The Kier molecular flexibility index (Phi) is 3.48. The highest BCUT2D eigenvalue weighted by Gasteiger charge is 2.01. The van der Waals surface area contributed by atoms with Gasteiger partial charge in [-0.15, -0.1) is 0 Å². The van der Waals surface area contributed by atoms with Crippen LogP contribution in [-0.2, 0) is 4.74 Å². The highest BCUT2D eigenvalue weighted by Crippen LogP contribution is 2.18. The summed E-state index contributed by atoms with van der Waals surface area (Å²) in [4.78, 5) is 7.32. The van der Waals surface area contributed by atoms with E-state index in [9.17, 15) is 0 Å². The third-order valence-corrected chi connectivity index (χ3v) is 2.43. The molecule has 0 spiro atoms. The molecule has 0 atom stereocenters. The van der Waals surface area contributed by atoms with Crippen molar-refractivity contribution in [1.29, 1.82) is 0 Å². The van der Waals surface area contributed by atoms with E-state index in [4.69, 9.17) is 17.0 Å². The largest absolute Gasteiger partial charge is 0.383 e. The number of hydrogen-bond donors (Lipinski definition) is 2. The number of aromatic amines is 1. The van der Waals surface area contributed by atoms with Crippen molar-refractivity contribution in [3.8, 4) is 0 Å². The molecule has 0 unspecified atom stereocenters. The zero-order chi connectivity index (χ0) is 11.4. The van der Waals surface area contributed by atoms with Gasteiger partial charge in [0.2, 0.25) is 0 Å². The number of hydrogen-bond acceptors (Lipinski definition) is 4. The normalized spacial score (nSPS) is 10.6. The average Bonchev–Trinajstić information content (AvgIpc) is 2.29. The van der Waals surface area contributed by atoms with Gasteiger partial charge in [-0.2, -0.15) is 0 Å². The summed E-state index contributed by atoms with van der Waals surface area (Å²) < 4.78 is 5.47. The number of anilines is 1. The third-order valence-electron chi connectivity index (χ3n) is 2.24. The van der Waals surface area contributed by atoms with E-state index >= 15 is 0 Å². The zero-order valence-electron chi connectivity index (χ0n) is 8.99. The minimum atomic E-state index is 0.485. The molecule has 0 saturated heterocycles. The van der Waals surface area contributed by atoms with E-state index in [0.717, 1.165) is 16.7 Å². The highest BCUT2D eigenvalue weighted by atomic mass is 32.1. The fraction of sp³-hybridized carbons (Fsp3) is 0.273. The van der Waals surface area contributed by atoms with Crippen molar-refractivity contribution in [3.05, 3.63) is 29.0 Å². The predicted molar refractivity (Wildman–Crippen MR) is 67.3 cm³/mol. The molecule has 1 aromatic heterocycles. The van der Waals surface area contributed by atoms with Crippen molar-refractivity contribution in [2.75, 3.05) is 25.6 Å². The Labute approximate surface area is 98.7 Å². The lowest BCUT2D eigenvalue weighted by molar-refractivity contribution is 0.210. The number of rotatable bonds is 4. The molecule has 84 valence electrons. The highest BCUT2D eigenvalue weighted by molar-refractivity contribution is 7.71. The first kappa shape index (κ1) is 11.0. The molecule has 0 radical (unpaired) electrons. The van der Waals surface area contributed by atoms with Gasteiger partial charge in [0.1, 0.15) is 5.82 Å². The van der Waals surface area contributed by atoms with Gasteiger partial charge in [0.15, 0.2) is 4.77 Å². The van der Waals surface area contributed by atoms with E-state index in [-0.39, 0.29) is 0 Å². The molecule has 0 fully saturated rings. The number of aromatic nitrogens is 2. The second-order valence-electron chi connectivity index (χ2n) is 3.36. The molecule has 1 heterocycles. The van der Waals surface area contributed by atoms with Crippen LogP contribution in [0.3, 0.4) is 0 Å². The number of H-pyrrole nitrogens is 1. The summed E-state index contributed by atoms with van der Waals surface area (Å²) in [5.74, 6) is 0.802. The molecule has 0 aliphatic carbocycles. The second kappa shape index (κ2) is 5.05. The molecule has 5 heteroatoms. The van der Waals surface area contributed by atoms with Gasteiger partial charge in [-0.1, -0.05) is 12.1 Å². The van der Waals surface area contributed by atoms with Gasteiger partial charge in [0.25, 0.3) is 0 Å². The summed E-state index contributed by atoms with van der Waals surface area (Å²) in [6.07, 6.45) is 0. The molecule has 0 aliphatic heterocycles. The molecule has 0 amide bonds. The first-order valence-electron chi connectivity index (χ1n) is 5.03. The van der Waals surface area contributed by atoms with Crippen LogP contribution in [0.2, 0.25) is 0 Å². The fourth-order valence-corrected chi connectivity index (χ4v) is 1.71. The van der Waals surface area contributed by atoms with E-state index in [1.165, 1.54) is 0 Å². The van der Waals surface area contributed by atoms with Gasteiger partial charge in [-0.25, -0.2) is 4.98 Å². The van der Waals surface area contributed by atoms with Crippen LogP contribution in [0.4, 0.5) is 5.82 Å². The van der Waals surface area contributed by atoms with E-state index in [1.54, 1.807) is 7.11 Å². The molecule has 2 rings (SSSR count). The molecule has 0 aliphatic rings. The predicted octanol–water partition coefficient (Wildman–Crippen LogP) is 2.35. The Morgan fingerprint density at radius 1 is 1.44 bits per heavy atom. The van der Waals surface area contributed by atoms with Crippen LogP contribution >= 0.6 is 12.2 Å². The van der Waals surface area contributed by atoms with Crippen LogP contribution < -0.4 is 5.32 Å². The van der Waals surface area contributed by atoms with Gasteiger partial charge in [0.05, 0.1) is 12.1 Å². The lowest BCUT2D eigenvalue weighted by atomic mass is 10.2. The number of fused-ring (bicyclic) bond motifs is 1. The maximum atomic E-state index is 5.07. The third kappa shape index (κ3) is 2.37. The number of para-hydroxylation sites is 1. The van der Waals surface area contributed by atoms with Crippen molar-refractivity contribution < 1.29 is 4.74 Å². The Balaban J connectivity index is 2.38. The lowest BCUT2D eigenvalue weighted by Crippen LogP contribution is -2.09. The molecular weight excluding hydrogens is 222 g/mol. The molecular formula is C11H13N3OS. The quantitative estimate of drug-likeness (QED) is 0.631. The summed E-state index contributed by atoms with van der Waals surface area (Å²) in [6, 6.07) is 7.92. The first-order valence-corrected chi connectivity index (χ1v) is 5.44. The summed E-state index contributed by atoms with van der Waals surface area (Å²) in [5.41, 5.74) is 0.988. The van der Waals surface area contributed by atoms with E-state index in [2.05, 4.69) is 15.3 Å². The lowest BCUT2D eigenvalue weighted by Gasteiger charge is -2.07. The number of ether oxygens (including phenoxy) is 1. The summed E-state index contributed by atoms with van der Waals surface area (Å²) in [7, 11) is 1.67. The van der Waals surface area contributed by atoms with Gasteiger partial charge in [-0.3, -0.25) is 0 Å². The van der Waals surface area contributed by atoms with Crippen LogP contribution in [0.15, 0.2) is 24.3 Å². The minimum Gasteiger partial charge on any atom is -0.383 e. The Morgan fingerprint density at radius 2 is 2.25 bits per heavy atom. The number of nitrogens with one attached hydrogen (secondary N) is 2. The SMILES string of the molecule is COCCNc1nc(=S)[nH]c2ccccc12. The summed E-state index contributed by atoms with van der Waals surface area (Å²) in [6.45, 7) is 1.35. The topological polar surface area (TPSA) is 49.9 Å². The number of methoxy groups -OCH3 is 1. The first-order chi connectivity index (χ1) is 7.81. The van der Waals surface area contributed by atoms with Crippen LogP contribution in [0.1, 0.15) is 0 Å². The van der Waals surface area contributed by atoms with Crippen LogP contribution in [-0.4, -0.2) is 30.2 Å². The Morgan fingerprint density at radius 3 is 3.06 bits per heavy atom. The van der Waals surface area contributed by atoms with Crippen LogP contribution in [0, 0.1) is 4.77 Å². The summed E-state index contributed by atoms with van der Waals surface area (Å²) in [5, 5.41) is 4.24. The Hall–Kier alpha value is -1.46. The van der Waals surface area contributed by atoms with Gasteiger partial charge >= 0.3 is 0 Å². The Bertz CT molecular complexity index is 538. The molecule has 0 saturated carbocycles. The molecule has 2 N–H and O–H groups in total. The molecule has 4 nitrogen and oxygen atoms in total. The monoisotopic (exact) mass is 235 g/mol. The molecule has 1 aromatic carbocycles. The molecule has 0 bridgehead atoms. The van der Waals surface area contributed by atoms with Crippen molar-refractivity contribution in [2.24, 2.45) is 0 Å². The standard InChI is InChI=1S/C11H13N3OS/c1-15-7-6-12-10-8-4-2-3-5-9(8)13-11(16)14-10/h2-5H,6-7H2,1H3,(H2,12,13,14,16). The van der Waals surface area contributed by atoms with Crippen molar-refractivity contribution >= 4 is 28.9 Å². The van der Waals surface area contributed by atoms with Gasteiger partial charge < -0.3 is 15.0 Å². The van der Waals surface area contributed by atoms with Crippen molar-refractivity contribution in [1.82, 2.24) is 9.97 Å². The van der Waals surface area contributed by atoms with Gasteiger partial charge in [-0.05, 0) is 24.4 Å². The average molecular weight is 235 g/mol. The van der Waals surface area contributed by atoms with E-state index in [0.29, 0.717) is 17.9 Å². The van der Waals surface area contributed by atoms with E-state index in [1.807, 2.05) is 24.3 Å². The number of nitrogens with zero attached hydrogens (tertiary/aromatic N) is 1. The van der Waals surface area contributed by atoms with Crippen LogP contribution in [0.25, 0.3) is 10.9 Å². The molecule has 16 heavy (non-hydrogen) atoms. The van der Waals surface area contributed by atoms with Gasteiger partial charge in [0, 0.05) is 19.0 Å². The van der Waals surface area contributed by atoms with E-state index < -0.39 is 0 Å². The fourth-order valence-electron chi connectivity index (χ4n) is 1.51. The maximum Gasteiger partial charge on any atom is 0.199 e. The van der Waals surface area contributed by atoms with Crippen LogP contribution in [0.5, 0.6) is 0 Å². The minimum absolute atomic E-state index is 0.485. The molecule has 2 aromatic rings.